The van der Waals surface area contributed by atoms with Crippen molar-refractivity contribution >= 4 is 0 Å². The van der Waals surface area contributed by atoms with E-state index in [1.54, 1.807) is 7.11 Å². The summed E-state index contributed by atoms with van der Waals surface area (Å²) in [6.45, 7) is 18.2. The van der Waals surface area contributed by atoms with Gasteiger partial charge in [-0.15, -0.1) is 0 Å². The molecule has 1 unspecified atom stereocenters. The summed E-state index contributed by atoms with van der Waals surface area (Å²) in [7, 11) is 1.72. The highest BCUT2D eigenvalue weighted by atomic mass is 16.5. The van der Waals surface area contributed by atoms with Gasteiger partial charge in [0.05, 0.1) is 25.1 Å². The number of hydrogen-bond acceptors (Lipinski definition) is 4. The Morgan fingerprint density at radius 3 is 2.17 bits per heavy atom. The fraction of sp³-hybridized carbons (Fsp3) is 0.615. The van der Waals surface area contributed by atoms with Crippen molar-refractivity contribution in [2.75, 3.05) is 13.7 Å². The van der Waals surface area contributed by atoms with Crippen LogP contribution < -0.4 is 9.47 Å². The number of benzene rings is 1. The van der Waals surface area contributed by atoms with Crippen LogP contribution in [-0.2, 0) is 18.3 Å². The third-order valence-corrected chi connectivity index (χ3v) is 5.37. The van der Waals surface area contributed by atoms with Gasteiger partial charge in [0.2, 0.25) is 5.88 Å². The molecule has 2 aromatic rings. The molecule has 1 aromatic carbocycles. The van der Waals surface area contributed by atoms with Crippen LogP contribution in [0.2, 0.25) is 0 Å². The summed E-state index contributed by atoms with van der Waals surface area (Å²) < 4.78 is 11.9. The highest BCUT2D eigenvalue weighted by Gasteiger charge is 2.21. The minimum absolute atomic E-state index is 0.0596. The van der Waals surface area contributed by atoms with E-state index >= 15 is 0 Å². The molecule has 0 saturated heterocycles. The summed E-state index contributed by atoms with van der Waals surface area (Å²) in [6.07, 6.45) is 2.71. The third kappa shape index (κ3) is 5.96. The van der Waals surface area contributed by atoms with E-state index < -0.39 is 0 Å². The van der Waals surface area contributed by atoms with Crippen LogP contribution in [0.4, 0.5) is 0 Å². The van der Waals surface area contributed by atoms with E-state index in [2.05, 4.69) is 73.6 Å². The predicted octanol–water partition coefficient (Wildman–Crippen LogP) is 6.64. The second-order valence-electron chi connectivity index (χ2n) is 9.69. The number of hydrogen-bond donors (Lipinski definition) is 0. The number of aryl methyl sites for hydroxylation is 2. The average Bonchev–Trinajstić information content (AvgIpc) is 2.69. The van der Waals surface area contributed by atoms with Crippen molar-refractivity contribution in [2.24, 2.45) is 11.8 Å². The van der Waals surface area contributed by atoms with Gasteiger partial charge in [-0.2, -0.15) is 0 Å². The molecule has 0 fully saturated rings. The Bertz CT molecular complexity index is 838. The van der Waals surface area contributed by atoms with Gasteiger partial charge in [0.1, 0.15) is 11.4 Å². The number of rotatable bonds is 9. The van der Waals surface area contributed by atoms with E-state index in [-0.39, 0.29) is 5.41 Å². The summed E-state index contributed by atoms with van der Waals surface area (Å²) >= 11 is 0. The molecular formula is C26H40N2O2. The van der Waals surface area contributed by atoms with Crippen LogP contribution in [0.1, 0.15) is 78.8 Å². The van der Waals surface area contributed by atoms with Crippen molar-refractivity contribution in [3.8, 4) is 22.9 Å². The van der Waals surface area contributed by atoms with Crippen LogP contribution in [0.25, 0.3) is 11.3 Å². The number of aromatic nitrogens is 2. The normalized spacial score (nSPS) is 12.9. The minimum Gasteiger partial charge on any atom is -0.496 e. The van der Waals surface area contributed by atoms with Crippen LogP contribution in [0, 0.1) is 11.8 Å². The van der Waals surface area contributed by atoms with Gasteiger partial charge in [-0.05, 0) is 54.2 Å². The first-order valence-electron chi connectivity index (χ1n) is 11.3. The van der Waals surface area contributed by atoms with Crippen LogP contribution >= 0.6 is 0 Å². The number of ether oxygens (including phenoxy) is 2. The van der Waals surface area contributed by atoms with E-state index in [9.17, 15) is 0 Å². The fourth-order valence-electron chi connectivity index (χ4n) is 3.74. The molecule has 1 atom stereocenters. The second kappa shape index (κ2) is 10.3. The number of nitrogens with zero attached hydrogens (tertiary/aromatic N) is 2. The fourth-order valence-corrected chi connectivity index (χ4v) is 3.74. The first-order chi connectivity index (χ1) is 14.1. The molecule has 0 radical (unpaired) electrons. The molecule has 0 saturated carbocycles. The molecule has 2 rings (SSSR count). The van der Waals surface area contributed by atoms with Gasteiger partial charge in [0, 0.05) is 5.56 Å². The molecule has 0 N–H and O–H groups in total. The quantitative estimate of drug-likeness (QED) is 0.463. The molecule has 0 bridgehead atoms. The Labute approximate surface area is 183 Å². The molecule has 0 amide bonds. The molecule has 30 heavy (non-hydrogen) atoms. The zero-order chi connectivity index (χ0) is 22.5. The van der Waals surface area contributed by atoms with E-state index in [1.165, 1.54) is 5.56 Å². The maximum atomic E-state index is 6.14. The van der Waals surface area contributed by atoms with Crippen molar-refractivity contribution in [3.05, 3.63) is 35.2 Å². The molecule has 0 aliphatic heterocycles. The van der Waals surface area contributed by atoms with Gasteiger partial charge in [-0.25, -0.2) is 9.97 Å². The van der Waals surface area contributed by atoms with Gasteiger partial charge in [0.15, 0.2) is 0 Å². The molecular weight excluding hydrogens is 372 g/mol. The summed E-state index contributed by atoms with van der Waals surface area (Å²) in [4.78, 5) is 9.90. The molecule has 1 heterocycles. The molecule has 4 nitrogen and oxygen atoms in total. The summed E-state index contributed by atoms with van der Waals surface area (Å²) in [6, 6.07) is 6.41. The Kier molecular flexibility index (Phi) is 8.28. The SMILES string of the molecule is CCc1nc(-c2ccc(C(C)(C)C)cc2OC)c(CC)nc1OCC(C)CC(C)C. The first-order valence-corrected chi connectivity index (χ1v) is 11.3. The topological polar surface area (TPSA) is 44.2 Å². The average molecular weight is 413 g/mol. The minimum atomic E-state index is 0.0596. The maximum absolute atomic E-state index is 6.14. The zero-order valence-electron chi connectivity index (χ0n) is 20.4. The second-order valence-corrected chi connectivity index (χ2v) is 9.69. The van der Waals surface area contributed by atoms with Crippen molar-refractivity contribution in [3.63, 3.8) is 0 Å². The Hall–Kier alpha value is -2.10. The summed E-state index contributed by atoms with van der Waals surface area (Å²) in [5.74, 6) is 2.68. The van der Waals surface area contributed by atoms with Gasteiger partial charge in [-0.3, -0.25) is 0 Å². The van der Waals surface area contributed by atoms with Crippen molar-refractivity contribution < 1.29 is 9.47 Å². The lowest BCUT2D eigenvalue weighted by molar-refractivity contribution is 0.228. The maximum Gasteiger partial charge on any atom is 0.235 e. The van der Waals surface area contributed by atoms with Crippen LogP contribution in [0.15, 0.2) is 18.2 Å². The molecule has 0 spiro atoms. The van der Waals surface area contributed by atoms with Crippen molar-refractivity contribution in [1.29, 1.82) is 0 Å². The largest absolute Gasteiger partial charge is 0.496 e. The monoisotopic (exact) mass is 412 g/mol. The highest BCUT2D eigenvalue weighted by Crippen LogP contribution is 2.36. The predicted molar refractivity (Wildman–Crippen MR) is 126 cm³/mol. The molecule has 166 valence electrons. The third-order valence-electron chi connectivity index (χ3n) is 5.37. The van der Waals surface area contributed by atoms with Crippen LogP contribution in [-0.4, -0.2) is 23.7 Å². The van der Waals surface area contributed by atoms with Crippen LogP contribution in [0.3, 0.4) is 0 Å². The first kappa shape index (κ1) is 24.2. The van der Waals surface area contributed by atoms with Crippen molar-refractivity contribution in [2.45, 2.75) is 80.1 Å². The van der Waals surface area contributed by atoms with Gasteiger partial charge < -0.3 is 9.47 Å². The standard InChI is InChI=1S/C26H40N2O2/c1-10-21-24(20-13-12-19(26(6,7)8)15-23(20)29-9)27-22(11-2)25(28-21)30-16-18(5)14-17(3)4/h12-13,15,17-18H,10-11,14,16H2,1-9H3. The Morgan fingerprint density at radius 1 is 0.967 bits per heavy atom. The molecule has 1 aromatic heterocycles. The van der Waals surface area contributed by atoms with Gasteiger partial charge in [-0.1, -0.05) is 61.5 Å². The van der Waals surface area contributed by atoms with E-state index in [0.717, 1.165) is 47.7 Å². The van der Waals surface area contributed by atoms with Gasteiger partial charge in [0.25, 0.3) is 0 Å². The molecule has 0 aliphatic carbocycles. The number of methoxy groups -OCH3 is 1. The highest BCUT2D eigenvalue weighted by molar-refractivity contribution is 5.70. The zero-order valence-corrected chi connectivity index (χ0v) is 20.4. The Morgan fingerprint density at radius 2 is 1.63 bits per heavy atom. The van der Waals surface area contributed by atoms with Crippen LogP contribution in [0.5, 0.6) is 11.6 Å². The summed E-state index contributed by atoms with van der Waals surface area (Å²) in [5.41, 5.74) is 5.04. The lowest BCUT2D eigenvalue weighted by Gasteiger charge is -2.22. The van der Waals surface area contributed by atoms with E-state index in [4.69, 9.17) is 19.4 Å². The molecule has 4 heteroatoms. The summed E-state index contributed by atoms with van der Waals surface area (Å²) in [5, 5.41) is 0. The van der Waals surface area contributed by atoms with Gasteiger partial charge >= 0.3 is 0 Å². The molecule has 0 aliphatic rings. The lowest BCUT2D eigenvalue weighted by atomic mass is 9.86. The van der Waals surface area contributed by atoms with E-state index in [1.807, 2.05) is 0 Å². The van der Waals surface area contributed by atoms with Crippen molar-refractivity contribution in [1.82, 2.24) is 9.97 Å². The van der Waals surface area contributed by atoms with E-state index in [0.29, 0.717) is 24.3 Å². The lowest BCUT2D eigenvalue weighted by Crippen LogP contribution is -2.14. The Balaban J connectivity index is 2.44. The smallest absolute Gasteiger partial charge is 0.235 e.